The zero-order chi connectivity index (χ0) is 18.8. The fourth-order valence-electron chi connectivity index (χ4n) is 2.89. The number of carbonyl (C=O) groups excluding carboxylic acids is 2. The first-order valence-electron chi connectivity index (χ1n) is 7.83. The van der Waals surface area contributed by atoms with Crippen molar-refractivity contribution in [3.63, 3.8) is 0 Å². The molecular formula is C17H17FN4O4. The van der Waals surface area contributed by atoms with E-state index in [0.29, 0.717) is 11.1 Å². The van der Waals surface area contributed by atoms with Crippen molar-refractivity contribution >= 4 is 18.2 Å². The van der Waals surface area contributed by atoms with Crippen molar-refractivity contribution in [1.82, 2.24) is 9.69 Å². The molecule has 0 saturated carbocycles. The van der Waals surface area contributed by atoms with Crippen LogP contribution in [-0.2, 0) is 9.53 Å². The lowest BCUT2D eigenvalue weighted by molar-refractivity contribution is -0.124. The first-order valence-corrected chi connectivity index (χ1v) is 7.83. The Bertz CT molecular complexity index is 849. The van der Waals surface area contributed by atoms with E-state index in [0.717, 1.165) is 5.69 Å². The maximum absolute atomic E-state index is 14.2. The smallest absolute Gasteiger partial charge is 0.439 e. The molecule has 9 heteroatoms. The maximum atomic E-state index is 14.2. The van der Waals surface area contributed by atoms with Crippen LogP contribution in [0.25, 0.3) is 5.69 Å². The van der Waals surface area contributed by atoms with Crippen LogP contribution in [0.15, 0.2) is 47.9 Å². The third-order valence-electron chi connectivity index (χ3n) is 4.36. The Kier molecular flexibility index (Phi) is 4.61. The van der Waals surface area contributed by atoms with Gasteiger partial charge in [-0.3, -0.25) is 4.79 Å². The number of benzene rings is 1. The van der Waals surface area contributed by atoms with Crippen LogP contribution < -0.4 is 5.73 Å². The third kappa shape index (κ3) is 3.10. The number of ether oxygens (including phenoxy) is 1. The minimum Gasteiger partial charge on any atom is -0.441 e. The van der Waals surface area contributed by atoms with E-state index < -0.39 is 30.1 Å². The number of rotatable bonds is 5. The molecule has 2 heterocycles. The molecule has 1 aliphatic heterocycles. The van der Waals surface area contributed by atoms with Crippen molar-refractivity contribution in [3.8, 4) is 5.69 Å². The van der Waals surface area contributed by atoms with Gasteiger partial charge in [-0.15, -0.1) is 5.12 Å². The summed E-state index contributed by atoms with van der Waals surface area (Å²) in [5.41, 5.74) is 7.23. The summed E-state index contributed by atoms with van der Waals surface area (Å²) >= 11 is 0. The highest BCUT2D eigenvalue weighted by Gasteiger charge is 2.47. The monoisotopic (exact) mass is 360 g/mol. The number of aromatic nitrogens is 1. The van der Waals surface area contributed by atoms with Crippen LogP contribution in [0.1, 0.15) is 24.1 Å². The predicted molar refractivity (Wildman–Crippen MR) is 89.5 cm³/mol. The third-order valence-corrected chi connectivity index (χ3v) is 4.36. The van der Waals surface area contributed by atoms with Crippen molar-refractivity contribution in [2.75, 3.05) is 0 Å². The summed E-state index contributed by atoms with van der Waals surface area (Å²) in [6.07, 6.45) is 2.66. The van der Waals surface area contributed by atoms with E-state index in [1.807, 2.05) is 0 Å². The molecule has 0 bridgehead atoms. The Hall–Kier alpha value is -3.36. The lowest BCUT2D eigenvalue weighted by Gasteiger charge is -2.22. The Balaban J connectivity index is 1.88. The fourth-order valence-corrected chi connectivity index (χ4v) is 2.89. The average molecular weight is 360 g/mol. The van der Waals surface area contributed by atoms with E-state index in [1.54, 1.807) is 47.3 Å². The van der Waals surface area contributed by atoms with Crippen molar-refractivity contribution in [1.29, 1.82) is 0 Å². The Morgan fingerprint density at radius 2 is 2.08 bits per heavy atom. The van der Waals surface area contributed by atoms with Gasteiger partial charge in [0.2, 0.25) is 5.91 Å². The molecule has 1 fully saturated rings. The molecule has 2 aromatic rings. The van der Waals surface area contributed by atoms with Crippen LogP contribution in [0.3, 0.4) is 0 Å². The second kappa shape index (κ2) is 6.87. The second-order valence-corrected chi connectivity index (χ2v) is 5.98. The average Bonchev–Trinajstić information content (AvgIpc) is 3.20. The zero-order valence-corrected chi connectivity index (χ0v) is 13.8. The molecule has 3 atom stereocenters. The molecule has 3 N–H and O–H groups in total. The number of oxime groups is 1. The highest BCUT2D eigenvalue weighted by molar-refractivity contribution is 5.79. The minimum absolute atomic E-state index is 0.0232. The van der Waals surface area contributed by atoms with E-state index in [1.165, 1.54) is 13.1 Å². The van der Waals surface area contributed by atoms with Crippen LogP contribution in [-0.4, -0.2) is 39.2 Å². The molecule has 136 valence electrons. The van der Waals surface area contributed by atoms with Gasteiger partial charge in [0.05, 0.1) is 12.1 Å². The highest BCUT2D eigenvalue weighted by atomic mass is 19.2. The molecule has 3 unspecified atom stereocenters. The highest BCUT2D eigenvalue weighted by Crippen LogP contribution is 2.37. The van der Waals surface area contributed by atoms with Crippen LogP contribution in [0.4, 0.5) is 9.28 Å². The summed E-state index contributed by atoms with van der Waals surface area (Å²) in [7, 11) is 0. The molecule has 0 spiro atoms. The topological polar surface area (TPSA) is 110 Å². The second-order valence-electron chi connectivity index (χ2n) is 5.98. The fraction of sp³-hybridized carbons (Fsp3) is 0.235. The van der Waals surface area contributed by atoms with Crippen molar-refractivity contribution in [2.24, 2.45) is 16.8 Å². The number of nitrogens with two attached hydrogens (primary N) is 1. The summed E-state index contributed by atoms with van der Waals surface area (Å²) in [5, 5.41) is 11.5. The first kappa shape index (κ1) is 17.5. The van der Waals surface area contributed by atoms with E-state index in [9.17, 15) is 14.1 Å². The molecule has 0 aliphatic carbocycles. The summed E-state index contributed by atoms with van der Waals surface area (Å²) in [5.74, 6) is -1.51. The van der Waals surface area contributed by atoms with Crippen LogP contribution in [0.2, 0.25) is 0 Å². The van der Waals surface area contributed by atoms with Gasteiger partial charge in [-0.25, -0.2) is 4.79 Å². The van der Waals surface area contributed by atoms with E-state index >= 15 is 0 Å². The van der Waals surface area contributed by atoms with Crippen molar-refractivity contribution in [2.45, 2.75) is 19.1 Å². The maximum Gasteiger partial charge on any atom is 0.439 e. The number of cyclic esters (lactones) is 1. The molecule has 26 heavy (non-hydrogen) atoms. The number of nitrogens with zero attached hydrogens (tertiary/aromatic N) is 3. The predicted octanol–water partition coefficient (Wildman–Crippen LogP) is 2.15. The number of amides is 2. The molecule has 1 saturated heterocycles. The molecule has 2 amide bonds. The lowest BCUT2D eigenvalue weighted by atomic mass is 9.92. The quantitative estimate of drug-likeness (QED) is 0.368. The van der Waals surface area contributed by atoms with Gasteiger partial charge in [-0.05, 0) is 30.7 Å². The summed E-state index contributed by atoms with van der Waals surface area (Å²) < 4.78 is 21.0. The Morgan fingerprint density at radius 3 is 2.69 bits per heavy atom. The molecule has 1 aliphatic rings. The van der Waals surface area contributed by atoms with Crippen molar-refractivity contribution < 1.29 is 24.0 Å². The number of halogens is 1. The van der Waals surface area contributed by atoms with Gasteiger partial charge in [0, 0.05) is 23.6 Å². The lowest BCUT2D eigenvalue weighted by Crippen LogP contribution is -2.35. The first-order chi connectivity index (χ1) is 12.4. The normalized spacial score (nSPS) is 21.2. The van der Waals surface area contributed by atoms with Crippen LogP contribution in [0.5, 0.6) is 0 Å². The number of primary amides is 1. The van der Waals surface area contributed by atoms with Gasteiger partial charge in [-0.2, -0.15) is 0 Å². The summed E-state index contributed by atoms with van der Waals surface area (Å²) in [6, 6.07) is 7.46. The van der Waals surface area contributed by atoms with Crippen molar-refractivity contribution in [3.05, 3.63) is 53.9 Å². The molecule has 1 aromatic carbocycles. The SMILES string of the molecule is CC(C(N)=O)C1OC(=O)N(F)C1c1ccc(-n2ccc(C=NO)c2)cc1. The standard InChI is InChI=1S/C17H17FN4O4/c1-10(16(19)23)15-14(22(18)17(24)26-15)12-2-4-13(5-3-12)21-7-6-11(9-21)8-20-25/h2-10,14-15,25H,1H3,(H2,19,23). The summed E-state index contributed by atoms with van der Waals surface area (Å²) in [6.45, 7) is 1.49. The number of carbonyl (C=O) groups is 2. The molecule has 0 radical (unpaired) electrons. The van der Waals surface area contributed by atoms with Crippen LogP contribution in [0, 0.1) is 5.92 Å². The Labute approximate surface area is 148 Å². The minimum atomic E-state index is -1.14. The van der Waals surface area contributed by atoms with Gasteiger partial charge in [0.15, 0.2) is 0 Å². The van der Waals surface area contributed by atoms with Gasteiger partial charge < -0.3 is 20.2 Å². The number of hydrogen-bond acceptors (Lipinski definition) is 5. The van der Waals surface area contributed by atoms with Gasteiger partial charge in [-0.1, -0.05) is 21.8 Å². The largest absolute Gasteiger partial charge is 0.441 e. The van der Waals surface area contributed by atoms with E-state index in [2.05, 4.69) is 5.16 Å². The van der Waals surface area contributed by atoms with E-state index in [-0.39, 0.29) is 5.12 Å². The van der Waals surface area contributed by atoms with Gasteiger partial charge >= 0.3 is 6.09 Å². The molecule has 3 rings (SSSR count). The molecule has 1 aromatic heterocycles. The number of hydrogen-bond donors (Lipinski definition) is 2. The van der Waals surface area contributed by atoms with E-state index in [4.69, 9.17) is 15.7 Å². The van der Waals surface area contributed by atoms with Crippen LogP contribution >= 0.6 is 0 Å². The summed E-state index contributed by atoms with van der Waals surface area (Å²) in [4.78, 5) is 23.0. The molecule has 8 nitrogen and oxygen atoms in total. The van der Waals surface area contributed by atoms with Gasteiger partial charge in [0.25, 0.3) is 0 Å². The Morgan fingerprint density at radius 1 is 1.38 bits per heavy atom. The van der Waals surface area contributed by atoms with Gasteiger partial charge in [0.1, 0.15) is 12.1 Å². The molecular weight excluding hydrogens is 343 g/mol. The zero-order valence-electron chi connectivity index (χ0n) is 13.8.